The maximum Gasteiger partial charge on any atom is 0.406 e. The van der Waals surface area contributed by atoms with E-state index in [1.54, 1.807) is 11.0 Å². The number of alkyl halides is 3. The molecule has 0 amide bonds. The number of hydrogen-bond donors (Lipinski definition) is 1. The highest BCUT2D eigenvalue weighted by molar-refractivity contribution is 5.76. The lowest BCUT2D eigenvalue weighted by Gasteiger charge is -2.27. The molecule has 1 aliphatic rings. The van der Waals surface area contributed by atoms with Gasteiger partial charge < -0.3 is 10.0 Å². The molecule has 0 aromatic carbocycles. The molecule has 1 atom stereocenters. The zero-order chi connectivity index (χ0) is 13.1. The fourth-order valence-corrected chi connectivity index (χ4v) is 2.07. The molecule has 1 aliphatic heterocycles. The van der Waals surface area contributed by atoms with Gasteiger partial charge >= 0.3 is 12.1 Å². The Morgan fingerprint density at radius 2 is 2.18 bits per heavy atom. The van der Waals surface area contributed by atoms with E-state index < -0.39 is 24.1 Å². The highest BCUT2D eigenvalue weighted by Gasteiger charge is 2.63. The molecule has 0 aromatic heterocycles. The molecule has 1 rings (SSSR count). The van der Waals surface area contributed by atoms with Crippen molar-refractivity contribution in [1.82, 2.24) is 4.90 Å². The van der Waals surface area contributed by atoms with Crippen LogP contribution in [-0.2, 0) is 4.79 Å². The lowest BCUT2D eigenvalue weighted by atomic mass is 9.86. The number of likely N-dealkylation sites (tertiary alicyclic amines) is 1. The van der Waals surface area contributed by atoms with Gasteiger partial charge in [-0.2, -0.15) is 13.2 Å². The number of carbonyl (C=O) groups is 1. The quantitative estimate of drug-likeness (QED) is 0.602. The first-order chi connectivity index (χ1) is 7.83. The number of aliphatic carboxylic acids is 1. The molecule has 1 heterocycles. The standard InChI is InChI=1S/C11H16F3NO2/c1-2-3-4-6-15-7-5-10(8-15,9(16)17)11(12,13)14/h2H,1,3-8H2,(H,16,17). The van der Waals surface area contributed by atoms with Crippen LogP contribution in [0.5, 0.6) is 0 Å². The summed E-state index contributed by atoms with van der Waals surface area (Å²) >= 11 is 0. The topological polar surface area (TPSA) is 40.5 Å². The molecule has 17 heavy (non-hydrogen) atoms. The second kappa shape index (κ2) is 5.08. The number of carboxylic acids is 1. The van der Waals surface area contributed by atoms with Crippen LogP contribution in [0.25, 0.3) is 0 Å². The summed E-state index contributed by atoms with van der Waals surface area (Å²) in [5, 5.41) is 8.83. The van der Waals surface area contributed by atoms with Gasteiger partial charge in [-0.1, -0.05) is 6.08 Å². The van der Waals surface area contributed by atoms with Crippen LogP contribution in [0.1, 0.15) is 19.3 Å². The molecule has 1 fully saturated rings. The number of rotatable bonds is 5. The van der Waals surface area contributed by atoms with E-state index >= 15 is 0 Å². The molecule has 1 unspecified atom stereocenters. The van der Waals surface area contributed by atoms with E-state index in [4.69, 9.17) is 5.11 Å². The van der Waals surface area contributed by atoms with Crippen LogP contribution in [0, 0.1) is 5.41 Å². The summed E-state index contributed by atoms with van der Waals surface area (Å²) in [6.07, 6.45) is -1.92. The highest BCUT2D eigenvalue weighted by Crippen LogP contribution is 2.45. The largest absolute Gasteiger partial charge is 0.481 e. The molecular formula is C11H16F3NO2. The van der Waals surface area contributed by atoms with Crippen molar-refractivity contribution in [3.05, 3.63) is 12.7 Å². The summed E-state index contributed by atoms with van der Waals surface area (Å²) < 4.78 is 38.4. The van der Waals surface area contributed by atoms with Crippen LogP contribution >= 0.6 is 0 Å². The minimum absolute atomic E-state index is 0.183. The molecule has 1 N–H and O–H groups in total. The van der Waals surface area contributed by atoms with Gasteiger partial charge in [-0.15, -0.1) is 6.58 Å². The lowest BCUT2D eigenvalue weighted by molar-refractivity contribution is -0.227. The van der Waals surface area contributed by atoms with E-state index in [0.29, 0.717) is 13.0 Å². The summed E-state index contributed by atoms with van der Waals surface area (Å²) in [5.41, 5.74) is -2.58. The van der Waals surface area contributed by atoms with E-state index in [0.717, 1.165) is 6.42 Å². The van der Waals surface area contributed by atoms with E-state index in [9.17, 15) is 18.0 Å². The smallest absolute Gasteiger partial charge is 0.406 e. The molecule has 0 bridgehead atoms. The summed E-state index contributed by atoms with van der Waals surface area (Å²) in [5.74, 6) is -1.77. The maximum atomic E-state index is 12.8. The fourth-order valence-electron chi connectivity index (χ4n) is 2.07. The van der Waals surface area contributed by atoms with Gasteiger partial charge in [0.15, 0.2) is 5.41 Å². The SMILES string of the molecule is C=CCCCN1CCC(C(=O)O)(C(F)(F)F)C1. The van der Waals surface area contributed by atoms with Crippen LogP contribution in [0.15, 0.2) is 12.7 Å². The van der Waals surface area contributed by atoms with Crippen molar-refractivity contribution in [3.63, 3.8) is 0 Å². The van der Waals surface area contributed by atoms with Crippen molar-refractivity contribution in [2.45, 2.75) is 25.4 Å². The zero-order valence-corrected chi connectivity index (χ0v) is 9.46. The predicted octanol–water partition coefficient (Wildman–Crippen LogP) is 2.29. The first-order valence-corrected chi connectivity index (χ1v) is 5.47. The molecule has 3 nitrogen and oxygen atoms in total. The minimum Gasteiger partial charge on any atom is -0.481 e. The van der Waals surface area contributed by atoms with Gasteiger partial charge in [0.25, 0.3) is 0 Å². The van der Waals surface area contributed by atoms with Crippen LogP contribution in [0.4, 0.5) is 13.2 Å². The van der Waals surface area contributed by atoms with Crippen LogP contribution in [-0.4, -0.2) is 41.8 Å². The number of carboxylic acid groups (broad SMARTS) is 1. The second-order valence-corrected chi connectivity index (χ2v) is 4.34. The first kappa shape index (κ1) is 14.0. The summed E-state index contributed by atoms with van der Waals surface area (Å²) in [6.45, 7) is 3.75. The Kier molecular flexibility index (Phi) is 4.19. The predicted molar refractivity (Wildman–Crippen MR) is 56.6 cm³/mol. The average Bonchev–Trinajstić information content (AvgIpc) is 2.63. The third-order valence-corrected chi connectivity index (χ3v) is 3.18. The number of hydrogen-bond acceptors (Lipinski definition) is 2. The highest BCUT2D eigenvalue weighted by atomic mass is 19.4. The van der Waals surface area contributed by atoms with Crippen molar-refractivity contribution in [2.24, 2.45) is 5.41 Å². The number of allylic oxidation sites excluding steroid dienone is 1. The zero-order valence-electron chi connectivity index (χ0n) is 9.46. The molecule has 0 aromatic rings. The molecule has 0 radical (unpaired) electrons. The summed E-state index contributed by atoms with van der Waals surface area (Å²) in [6, 6.07) is 0. The maximum absolute atomic E-state index is 12.8. The Morgan fingerprint density at radius 1 is 1.53 bits per heavy atom. The van der Waals surface area contributed by atoms with Gasteiger partial charge in [0.05, 0.1) is 0 Å². The Hall–Kier alpha value is -1.04. The van der Waals surface area contributed by atoms with E-state index in [-0.39, 0.29) is 13.0 Å². The Bertz CT molecular complexity index is 304. The Morgan fingerprint density at radius 3 is 2.59 bits per heavy atom. The van der Waals surface area contributed by atoms with Gasteiger partial charge in [0.1, 0.15) is 0 Å². The van der Waals surface area contributed by atoms with Crippen LogP contribution in [0.3, 0.4) is 0 Å². The van der Waals surface area contributed by atoms with E-state index in [2.05, 4.69) is 6.58 Å². The average molecular weight is 251 g/mol. The molecule has 0 saturated carbocycles. The second-order valence-electron chi connectivity index (χ2n) is 4.34. The normalized spacial score (nSPS) is 26.1. The van der Waals surface area contributed by atoms with Gasteiger partial charge in [-0.05, 0) is 32.4 Å². The van der Waals surface area contributed by atoms with Crippen LogP contribution in [0.2, 0.25) is 0 Å². The molecule has 0 spiro atoms. The van der Waals surface area contributed by atoms with E-state index in [1.165, 1.54) is 0 Å². The summed E-state index contributed by atoms with van der Waals surface area (Å²) in [7, 11) is 0. The Balaban J connectivity index is 2.66. The van der Waals surface area contributed by atoms with Crippen molar-refractivity contribution in [2.75, 3.05) is 19.6 Å². The number of unbranched alkanes of at least 4 members (excludes halogenated alkanes) is 1. The third kappa shape index (κ3) is 2.80. The fraction of sp³-hybridized carbons (Fsp3) is 0.727. The van der Waals surface area contributed by atoms with Gasteiger partial charge in [-0.3, -0.25) is 4.79 Å². The third-order valence-electron chi connectivity index (χ3n) is 3.18. The first-order valence-electron chi connectivity index (χ1n) is 5.47. The van der Waals surface area contributed by atoms with Crippen molar-refractivity contribution < 1.29 is 23.1 Å². The van der Waals surface area contributed by atoms with Crippen LogP contribution < -0.4 is 0 Å². The van der Waals surface area contributed by atoms with Gasteiger partial charge in [0.2, 0.25) is 0 Å². The van der Waals surface area contributed by atoms with Crippen molar-refractivity contribution in [3.8, 4) is 0 Å². The minimum atomic E-state index is -4.69. The summed E-state index contributed by atoms with van der Waals surface area (Å²) in [4.78, 5) is 12.4. The molecular weight excluding hydrogens is 235 g/mol. The lowest BCUT2D eigenvalue weighted by Crippen LogP contribution is -2.47. The molecule has 6 heteroatoms. The van der Waals surface area contributed by atoms with Gasteiger partial charge in [-0.25, -0.2) is 0 Å². The van der Waals surface area contributed by atoms with Crippen molar-refractivity contribution >= 4 is 5.97 Å². The monoisotopic (exact) mass is 251 g/mol. The van der Waals surface area contributed by atoms with Gasteiger partial charge in [0, 0.05) is 6.54 Å². The number of halogens is 3. The molecule has 0 aliphatic carbocycles. The number of nitrogens with zero attached hydrogens (tertiary/aromatic N) is 1. The molecule has 98 valence electrons. The Labute approximate surface area is 97.9 Å². The van der Waals surface area contributed by atoms with E-state index in [1.807, 2.05) is 0 Å². The molecule has 1 saturated heterocycles. The van der Waals surface area contributed by atoms with Crippen molar-refractivity contribution in [1.29, 1.82) is 0 Å².